The van der Waals surface area contributed by atoms with Crippen LogP contribution in [-0.2, 0) is 0 Å². The Morgan fingerprint density at radius 2 is 2.25 bits per heavy atom. The summed E-state index contributed by atoms with van der Waals surface area (Å²) >= 11 is 1.25. The predicted molar refractivity (Wildman–Crippen MR) is 51.3 cm³/mol. The molecule has 0 unspecified atom stereocenters. The summed E-state index contributed by atoms with van der Waals surface area (Å²) in [5, 5.41) is 8.97. The second-order valence-electron chi connectivity index (χ2n) is 2.44. The number of fused-ring (bicyclic) bond motifs is 1. The fourth-order valence-corrected chi connectivity index (χ4v) is 1.70. The Kier molecular flexibility index (Phi) is 2.01. The molecule has 4 heteroatoms. The van der Waals surface area contributed by atoms with Crippen LogP contribution >= 0.6 is 12.1 Å². The zero-order chi connectivity index (χ0) is 8.39. The van der Waals surface area contributed by atoms with Gasteiger partial charge in [-0.15, -0.1) is 0 Å². The van der Waals surface area contributed by atoms with Gasteiger partial charge in [-0.2, -0.15) is 4.40 Å². The molecule has 0 saturated heterocycles. The molecule has 1 aliphatic heterocycles. The van der Waals surface area contributed by atoms with Crippen LogP contribution in [0.1, 0.15) is 5.56 Å². The smallest absolute Gasteiger partial charge is 0.0905 e. The maximum atomic E-state index is 8.97. The number of hydrogen-bond donors (Lipinski definition) is 2. The molecule has 0 spiro atoms. The Morgan fingerprint density at radius 1 is 1.42 bits per heavy atom. The second kappa shape index (κ2) is 3.16. The number of nitrogens with one attached hydrogen (secondary N) is 1. The van der Waals surface area contributed by atoms with Crippen LogP contribution in [-0.4, -0.2) is 17.4 Å². The quantitative estimate of drug-likeness (QED) is 0.643. The van der Waals surface area contributed by atoms with E-state index >= 15 is 0 Å². The Hall–Kier alpha value is -1.00. The molecule has 0 fully saturated rings. The summed E-state index contributed by atoms with van der Waals surface area (Å²) in [5.74, 6) is 0. The summed E-state index contributed by atoms with van der Waals surface area (Å²) in [7, 11) is 0. The number of anilines is 1. The van der Waals surface area contributed by atoms with Gasteiger partial charge < -0.3 is 9.83 Å². The molecule has 12 heavy (non-hydrogen) atoms. The molecule has 0 radical (unpaired) electrons. The lowest BCUT2D eigenvalue weighted by Crippen LogP contribution is -2.11. The molecule has 62 valence electrons. The molecule has 2 N–H and O–H groups in total. The standard InChI is InChI=1S/C8H8N2OS/c11-5-8-6-3-1-2-4-7(6)9-12-10-8/h1-4,9,11H,5H2. The molecule has 3 nitrogen and oxygen atoms in total. The van der Waals surface area contributed by atoms with E-state index in [9.17, 15) is 0 Å². The normalized spacial score (nSPS) is 14.6. The highest BCUT2D eigenvalue weighted by Gasteiger charge is 2.11. The third kappa shape index (κ3) is 1.19. The van der Waals surface area contributed by atoms with Crippen molar-refractivity contribution >= 4 is 23.5 Å². The fourth-order valence-electron chi connectivity index (χ4n) is 1.11. The second-order valence-corrected chi connectivity index (χ2v) is 3.00. The van der Waals surface area contributed by atoms with Gasteiger partial charge in [-0.3, -0.25) is 0 Å². The minimum Gasteiger partial charge on any atom is -0.390 e. The molecule has 0 aliphatic carbocycles. The van der Waals surface area contributed by atoms with Crippen molar-refractivity contribution in [2.24, 2.45) is 4.40 Å². The molecule has 1 heterocycles. The van der Waals surface area contributed by atoms with Crippen LogP contribution in [0.15, 0.2) is 28.7 Å². The molecule has 1 aliphatic rings. The summed E-state index contributed by atoms with van der Waals surface area (Å²) in [6, 6.07) is 7.79. The summed E-state index contributed by atoms with van der Waals surface area (Å²) in [5.41, 5.74) is 2.73. The molecule has 1 aromatic carbocycles. The topological polar surface area (TPSA) is 44.6 Å². The average Bonchev–Trinajstić information content (AvgIpc) is 2.17. The molecule has 1 aromatic rings. The third-order valence-electron chi connectivity index (χ3n) is 1.70. The molecule has 0 bridgehead atoms. The van der Waals surface area contributed by atoms with Crippen LogP contribution in [0.3, 0.4) is 0 Å². The number of para-hydroxylation sites is 1. The Balaban J connectivity index is 2.48. The molecule has 0 atom stereocenters. The van der Waals surface area contributed by atoms with Gasteiger partial charge in [0.25, 0.3) is 0 Å². The van der Waals surface area contributed by atoms with E-state index in [1.165, 1.54) is 12.1 Å². The van der Waals surface area contributed by atoms with Crippen LogP contribution in [0.5, 0.6) is 0 Å². The number of aliphatic hydroxyl groups excluding tert-OH is 1. The van der Waals surface area contributed by atoms with Gasteiger partial charge in [0, 0.05) is 5.56 Å². The number of aliphatic hydroxyl groups is 1. The van der Waals surface area contributed by atoms with Crippen molar-refractivity contribution in [1.82, 2.24) is 0 Å². The van der Waals surface area contributed by atoms with Crippen molar-refractivity contribution in [3.63, 3.8) is 0 Å². The third-order valence-corrected chi connectivity index (χ3v) is 2.32. The van der Waals surface area contributed by atoms with Gasteiger partial charge >= 0.3 is 0 Å². The summed E-state index contributed by atoms with van der Waals surface area (Å²) in [6.07, 6.45) is 0. The first-order valence-electron chi connectivity index (χ1n) is 3.61. The van der Waals surface area contributed by atoms with Gasteiger partial charge in [-0.05, 0) is 6.07 Å². The Morgan fingerprint density at radius 3 is 3.08 bits per heavy atom. The largest absolute Gasteiger partial charge is 0.390 e. The molecular formula is C8H8N2OS. The van der Waals surface area contributed by atoms with Gasteiger partial charge in [-0.1, -0.05) is 18.2 Å². The van der Waals surface area contributed by atoms with Crippen molar-refractivity contribution in [3.8, 4) is 0 Å². The van der Waals surface area contributed by atoms with E-state index in [4.69, 9.17) is 5.11 Å². The monoisotopic (exact) mass is 180 g/mol. The van der Waals surface area contributed by atoms with Gasteiger partial charge in [0.05, 0.1) is 30.1 Å². The number of rotatable bonds is 1. The zero-order valence-corrected chi connectivity index (χ0v) is 7.14. The molecular weight excluding hydrogens is 172 g/mol. The first-order chi connectivity index (χ1) is 5.92. The Bertz CT molecular complexity index is 325. The SMILES string of the molecule is OCC1=NSNc2ccccc21. The maximum absolute atomic E-state index is 8.97. The fraction of sp³-hybridized carbons (Fsp3) is 0.125. The lowest BCUT2D eigenvalue weighted by molar-refractivity contribution is 0.358. The number of nitrogens with zero attached hydrogens (tertiary/aromatic N) is 1. The lowest BCUT2D eigenvalue weighted by Gasteiger charge is -2.14. The van der Waals surface area contributed by atoms with Gasteiger partial charge in [0.15, 0.2) is 0 Å². The van der Waals surface area contributed by atoms with Crippen molar-refractivity contribution < 1.29 is 5.11 Å². The lowest BCUT2D eigenvalue weighted by atomic mass is 10.1. The highest BCUT2D eigenvalue weighted by atomic mass is 32.2. The molecule has 2 rings (SSSR count). The Labute approximate surface area is 74.8 Å². The van der Waals surface area contributed by atoms with Crippen LogP contribution in [0.2, 0.25) is 0 Å². The summed E-state index contributed by atoms with van der Waals surface area (Å²) in [4.78, 5) is 0. The van der Waals surface area contributed by atoms with E-state index in [-0.39, 0.29) is 6.61 Å². The average molecular weight is 180 g/mol. The van der Waals surface area contributed by atoms with Gasteiger partial charge in [-0.25, -0.2) is 0 Å². The van der Waals surface area contributed by atoms with Crippen molar-refractivity contribution in [1.29, 1.82) is 0 Å². The van der Waals surface area contributed by atoms with Gasteiger partial charge in [0.2, 0.25) is 0 Å². The number of hydrogen-bond acceptors (Lipinski definition) is 4. The van der Waals surface area contributed by atoms with Crippen LogP contribution in [0.25, 0.3) is 0 Å². The number of benzene rings is 1. The molecule has 0 amide bonds. The van der Waals surface area contributed by atoms with Crippen molar-refractivity contribution in [2.75, 3.05) is 11.3 Å². The van der Waals surface area contributed by atoms with Crippen LogP contribution in [0, 0.1) is 0 Å². The predicted octanol–water partition coefficient (Wildman–Crippen LogP) is 1.46. The van der Waals surface area contributed by atoms with E-state index in [1.807, 2.05) is 24.3 Å². The first kappa shape index (κ1) is 7.64. The minimum atomic E-state index is -0.00824. The van der Waals surface area contributed by atoms with Crippen LogP contribution < -0.4 is 4.72 Å². The highest BCUT2D eigenvalue weighted by Crippen LogP contribution is 2.25. The highest BCUT2D eigenvalue weighted by molar-refractivity contribution is 7.99. The maximum Gasteiger partial charge on any atom is 0.0905 e. The molecule has 0 saturated carbocycles. The summed E-state index contributed by atoms with van der Waals surface area (Å²) < 4.78 is 7.11. The van der Waals surface area contributed by atoms with E-state index in [1.54, 1.807) is 0 Å². The van der Waals surface area contributed by atoms with E-state index in [2.05, 4.69) is 9.12 Å². The molecule has 0 aromatic heterocycles. The van der Waals surface area contributed by atoms with Crippen LogP contribution in [0.4, 0.5) is 5.69 Å². The zero-order valence-electron chi connectivity index (χ0n) is 6.32. The van der Waals surface area contributed by atoms with Crippen molar-refractivity contribution in [3.05, 3.63) is 29.8 Å². The summed E-state index contributed by atoms with van der Waals surface area (Å²) in [6.45, 7) is -0.00824. The van der Waals surface area contributed by atoms with E-state index < -0.39 is 0 Å². The van der Waals surface area contributed by atoms with Gasteiger partial charge in [0.1, 0.15) is 0 Å². The van der Waals surface area contributed by atoms with E-state index in [0.717, 1.165) is 17.0 Å². The minimum absolute atomic E-state index is 0.00824. The first-order valence-corrected chi connectivity index (χ1v) is 4.38. The van der Waals surface area contributed by atoms with Crippen molar-refractivity contribution in [2.45, 2.75) is 0 Å². The van der Waals surface area contributed by atoms with E-state index in [0.29, 0.717) is 0 Å².